The quantitative estimate of drug-likeness (QED) is 0.665. The summed E-state index contributed by atoms with van der Waals surface area (Å²) in [6.45, 7) is 4.99. The van der Waals surface area contributed by atoms with E-state index in [0.717, 1.165) is 48.0 Å². The summed E-state index contributed by atoms with van der Waals surface area (Å²) in [4.78, 5) is 16.9. The van der Waals surface area contributed by atoms with Crippen molar-refractivity contribution in [3.63, 3.8) is 0 Å². The molecule has 152 valence electrons. The van der Waals surface area contributed by atoms with Gasteiger partial charge in [-0.2, -0.15) is 0 Å². The molecule has 0 spiro atoms. The Morgan fingerprint density at radius 2 is 2.14 bits per heavy atom. The van der Waals surface area contributed by atoms with Crippen molar-refractivity contribution in [2.24, 2.45) is 0 Å². The first-order chi connectivity index (χ1) is 14.0. The van der Waals surface area contributed by atoms with Crippen molar-refractivity contribution in [3.8, 4) is 11.4 Å². The number of hydrogen-bond donors (Lipinski definition) is 1. The minimum atomic E-state index is -0.473. The van der Waals surface area contributed by atoms with Gasteiger partial charge in [-0.05, 0) is 31.0 Å². The van der Waals surface area contributed by atoms with Gasteiger partial charge < -0.3 is 9.88 Å². The van der Waals surface area contributed by atoms with E-state index < -0.39 is 5.82 Å². The summed E-state index contributed by atoms with van der Waals surface area (Å²) in [5.41, 5.74) is 1.60. The lowest BCUT2D eigenvalue weighted by Gasteiger charge is -2.10. The number of benzene rings is 1. The molecule has 0 atom stereocenters. The number of fused-ring (bicyclic) bond motifs is 1. The van der Waals surface area contributed by atoms with Gasteiger partial charge in [0.15, 0.2) is 5.82 Å². The highest BCUT2D eigenvalue weighted by molar-refractivity contribution is 7.09. The summed E-state index contributed by atoms with van der Waals surface area (Å²) in [7, 11) is 0. The second kappa shape index (κ2) is 8.41. The van der Waals surface area contributed by atoms with Gasteiger partial charge in [0.1, 0.15) is 11.6 Å². The summed E-state index contributed by atoms with van der Waals surface area (Å²) in [5, 5.41) is 14.2. The number of halogens is 1. The number of nitrogens with one attached hydrogen (secondary N) is 1. The molecule has 0 fully saturated rings. The Morgan fingerprint density at radius 3 is 2.93 bits per heavy atom. The third-order valence-electron chi connectivity index (χ3n) is 5.01. The maximum atomic E-state index is 14.4. The number of carbonyl (C=O) groups excluding carboxylic acids is 1. The zero-order chi connectivity index (χ0) is 20.4. The molecule has 3 aromatic rings. The average molecular weight is 414 g/mol. The second-order valence-electron chi connectivity index (χ2n) is 7.65. The van der Waals surface area contributed by atoms with E-state index in [0.29, 0.717) is 11.6 Å². The molecule has 3 heterocycles. The SMILES string of the molecule is CC(C)c1nc(CC(=O)Nc2cc(-c3nnc4n3CCCCC4)ccc2F)cs1. The minimum absolute atomic E-state index is 0.118. The highest BCUT2D eigenvalue weighted by Crippen LogP contribution is 2.27. The zero-order valence-electron chi connectivity index (χ0n) is 16.6. The largest absolute Gasteiger partial charge is 0.323 e. The molecule has 4 rings (SSSR count). The Labute approximate surface area is 173 Å². The molecular formula is C21H24FN5OS. The van der Waals surface area contributed by atoms with E-state index in [1.807, 2.05) is 5.38 Å². The van der Waals surface area contributed by atoms with Gasteiger partial charge in [0.25, 0.3) is 0 Å². The summed E-state index contributed by atoms with van der Waals surface area (Å²) in [6.07, 6.45) is 4.38. The van der Waals surface area contributed by atoms with Gasteiger partial charge in [-0.25, -0.2) is 9.37 Å². The van der Waals surface area contributed by atoms with E-state index in [2.05, 4.69) is 38.9 Å². The molecule has 29 heavy (non-hydrogen) atoms. The molecule has 0 unspecified atom stereocenters. The molecular weight excluding hydrogens is 389 g/mol. The highest BCUT2D eigenvalue weighted by Gasteiger charge is 2.18. The Bertz CT molecular complexity index is 1030. The normalized spacial score (nSPS) is 13.9. The summed E-state index contributed by atoms with van der Waals surface area (Å²) in [5.74, 6) is 1.25. The van der Waals surface area contributed by atoms with Gasteiger partial charge in [0.2, 0.25) is 5.91 Å². The van der Waals surface area contributed by atoms with E-state index in [-0.39, 0.29) is 18.0 Å². The van der Waals surface area contributed by atoms with Crippen LogP contribution in [-0.4, -0.2) is 25.7 Å². The number of thiazole rings is 1. The van der Waals surface area contributed by atoms with Crippen LogP contribution in [0.1, 0.15) is 55.6 Å². The fraction of sp³-hybridized carbons (Fsp3) is 0.429. The van der Waals surface area contributed by atoms with Crippen molar-refractivity contribution in [2.45, 2.75) is 58.4 Å². The summed E-state index contributed by atoms with van der Waals surface area (Å²) < 4.78 is 16.5. The van der Waals surface area contributed by atoms with Crippen molar-refractivity contribution in [1.29, 1.82) is 0 Å². The monoisotopic (exact) mass is 413 g/mol. The van der Waals surface area contributed by atoms with E-state index >= 15 is 0 Å². The van der Waals surface area contributed by atoms with Crippen molar-refractivity contribution in [2.75, 3.05) is 5.32 Å². The van der Waals surface area contributed by atoms with Crippen LogP contribution in [-0.2, 0) is 24.2 Å². The number of aromatic nitrogens is 4. The first-order valence-electron chi connectivity index (χ1n) is 9.97. The highest BCUT2D eigenvalue weighted by atomic mass is 32.1. The zero-order valence-corrected chi connectivity index (χ0v) is 17.4. The van der Waals surface area contributed by atoms with Crippen LogP contribution >= 0.6 is 11.3 Å². The fourth-order valence-electron chi connectivity index (χ4n) is 3.49. The number of aryl methyl sites for hydroxylation is 1. The second-order valence-corrected chi connectivity index (χ2v) is 8.54. The predicted molar refractivity (Wildman–Crippen MR) is 112 cm³/mol. The van der Waals surface area contributed by atoms with Crippen molar-refractivity contribution in [1.82, 2.24) is 19.7 Å². The van der Waals surface area contributed by atoms with Gasteiger partial charge in [-0.3, -0.25) is 4.79 Å². The molecule has 8 heteroatoms. The van der Waals surface area contributed by atoms with Crippen LogP contribution < -0.4 is 5.32 Å². The molecule has 1 aromatic carbocycles. The number of rotatable bonds is 5. The molecule has 1 N–H and O–H groups in total. The standard InChI is InChI=1S/C21H24FN5OS/c1-13(2)21-23-15(12-29-21)11-19(28)24-17-10-14(7-8-16(17)22)20-26-25-18-6-4-3-5-9-27(18)20/h7-8,10,12-13H,3-6,9,11H2,1-2H3,(H,24,28). The van der Waals surface area contributed by atoms with Gasteiger partial charge in [0, 0.05) is 29.8 Å². The molecule has 6 nitrogen and oxygen atoms in total. The maximum absolute atomic E-state index is 14.4. The molecule has 0 bridgehead atoms. The topological polar surface area (TPSA) is 72.7 Å². The van der Waals surface area contributed by atoms with Gasteiger partial charge in [0.05, 0.1) is 22.8 Å². The van der Waals surface area contributed by atoms with E-state index in [1.54, 1.807) is 23.5 Å². The van der Waals surface area contributed by atoms with Gasteiger partial charge in [-0.15, -0.1) is 21.5 Å². The lowest BCUT2D eigenvalue weighted by molar-refractivity contribution is -0.115. The van der Waals surface area contributed by atoms with Crippen LogP contribution in [0.4, 0.5) is 10.1 Å². The molecule has 1 aliphatic heterocycles. The van der Waals surface area contributed by atoms with E-state index in [9.17, 15) is 9.18 Å². The Balaban J connectivity index is 1.53. The van der Waals surface area contributed by atoms with Crippen LogP contribution in [0.15, 0.2) is 23.6 Å². The number of carbonyl (C=O) groups is 1. The smallest absolute Gasteiger partial charge is 0.230 e. The Hall–Kier alpha value is -2.61. The molecule has 0 saturated heterocycles. The van der Waals surface area contributed by atoms with E-state index in [1.165, 1.54) is 12.5 Å². The minimum Gasteiger partial charge on any atom is -0.323 e. The lowest BCUT2D eigenvalue weighted by Crippen LogP contribution is -2.16. The summed E-state index contributed by atoms with van der Waals surface area (Å²) >= 11 is 1.54. The lowest BCUT2D eigenvalue weighted by atomic mass is 10.1. The third kappa shape index (κ3) is 4.37. The number of anilines is 1. The number of nitrogens with zero attached hydrogens (tertiary/aromatic N) is 4. The molecule has 1 aliphatic rings. The summed E-state index contributed by atoms with van der Waals surface area (Å²) in [6, 6.07) is 4.68. The molecule has 2 aromatic heterocycles. The van der Waals surface area contributed by atoms with Gasteiger partial charge >= 0.3 is 0 Å². The van der Waals surface area contributed by atoms with Crippen LogP contribution in [0.5, 0.6) is 0 Å². The van der Waals surface area contributed by atoms with Gasteiger partial charge in [-0.1, -0.05) is 20.3 Å². The molecule has 0 aliphatic carbocycles. The van der Waals surface area contributed by atoms with Crippen LogP contribution in [0.3, 0.4) is 0 Å². The number of amides is 1. The molecule has 0 saturated carbocycles. The Morgan fingerprint density at radius 1 is 1.28 bits per heavy atom. The molecule has 0 radical (unpaired) electrons. The van der Waals surface area contributed by atoms with Crippen LogP contribution in [0.2, 0.25) is 0 Å². The first-order valence-corrected chi connectivity index (χ1v) is 10.9. The van der Waals surface area contributed by atoms with Crippen molar-refractivity contribution >= 4 is 22.9 Å². The molecule has 1 amide bonds. The average Bonchev–Trinajstić information content (AvgIpc) is 3.25. The first kappa shape index (κ1) is 19.7. The Kier molecular flexibility index (Phi) is 5.71. The van der Waals surface area contributed by atoms with Crippen LogP contribution in [0.25, 0.3) is 11.4 Å². The van der Waals surface area contributed by atoms with Crippen molar-refractivity contribution in [3.05, 3.63) is 45.9 Å². The van der Waals surface area contributed by atoms with E-state index in [4.69, 9.17) is 0 Å². The maximum Gasteiger partial charge on any atom is 0.230 e. The fourth-order valence-corrected chi connectivity index (χ4v) is 4.32. The number of hydrogen-bond acceptors (Lipinski definition) is 5. The van der Waals surface area contributed by atoms with Crippen LogP contribution in [0, 0.1) is 5.82 Å². The van der Waals surface area contributed by atoms with Crippen molar-refractivity contribution < 1.29 is 9.18 Å². The third-order valence-corrected chi connectivity index (χ3v) is 6.21. The predicted octanol–water partition coefficient (Wildman–Crippen LogP) is 4.57.